The number of ether oxygens (including phenoxy) is 1. The van der Waals surface area contributed by atoms with Crippen molar-refractivity contribution in [1.82, 2.24) is 0 Å². The van der Waals surface area contributed by atoms with Crippen molar-refractivity contribution in [3.8, 4) is 5.75 Å². The summed E-state index contributed by atoms with van der Waals surface area (Å²) in [6.07, 6.45) is 1.10. The zero-order valence-corrected chi connectivity index (χ0v) is 12.0. The van der Waals surface area contributed by atoms with E-state index < -0.39 is 0 Å². The Morgan fingerprint density at radius 2 is 1.95 bits per heavy atom. The third-order valence-electron chi connectivity index (χ3n) is 3.13. The first-order valence-electron chi connectivity index (χ1n) is 6.41. The summed E-state index contributed by atoms with van der Waals surface area (Å²) >= 11 is 5.94. The Kier molecular flexibility index (Phi) is 4.99. The van der Waals surface area contributed by atoms with Gasteiger partial charge in [-0.1, -0.05) is 35.9 Å². The van der Waals surface area contributed by atoms with Gasteiger partial charge < -0.3 is 10.5 Å². The first-order chi connectivity index (χ1) is 9.60. The van der Waals surface area contributed by atoms with Crippen LogP contribution in [-0.4, -0.2) is 13.2 Å². The van der Waals surface area contributed by atoms with Crippen LogP contribution in [0.4, 0.5) is 4.39 Å². The van der Waals surface area contributed by atoms with E-state index in [9.17, 15) is 4.39 Å². The quantitative estimate of drug-likeness (QED) is 0.914. The van der Waals surface area contributed by atoms with Crippen molar-refractivity contribution in [3.05, 3.63) is 64.4 Å². The summed E-state index contributed by atoms with van der Waals surface area (Å²) in [7, 11) is 1.45. The minimum Gasteiger partial charge on any atom is -0.494 e. The number of nitrogens with two attached hydrogens (primary N) is 1. The van der Waals surface area contributed by atoms with E-state index in [1.54, 1.807) is 18.2 Å². The van der Waals surface area contributed by atoms with Gasteiger partial charge in [-0.15, -0.1) is 0 Å². The van der Waals surface area contributed by atoms with Gasteiger partial charge >= 0.3 is 0 Å². The lowest BCUT2D eigenvalue weighted by molar-refractivity contribution is 0.383. The average molecular weight is 294 g/mol. The van der Waals surface area contributed by atoms with Crippen LogP contribution in [0.3, 0.4) is 0 Å². The molecule has 1 atom stereocenters. The largest absolute Gasteiger partial charge is 0.494 e. The monoisotopic (exact) mass is 293 g/mol. The van der Waals surface area contributed by atoms with Gasteiger partial charge in [0.2, 0.25) is 0 Å². The van der Waals surface area contributed by atoms with E-state index in [-0.39, 0.29) is 17.6 Å². The van der Waals surface area contributed by atoms with Gasteiger partial charge in [-0.25, -0.2) is 4.39 Å². The summed E-state index contributed by atoms with van der Waals surface area (Å²) in [6, 6.07) is 12.5. The molecule has 2 rings (SSSR count). The molecule has 0 aromatic heterocycles. The molecule has 0 aliphatic rings. The molecule has 0 heterocycles. The topological polar surface area (TPSA) is 35.2 Å². The van der Waals surface area contributed by atoms with E-state index in [1.807, 2.05) is 24.3 Å². The van der Waals surface area contributed by atoms with Crippen LogP contribution >= 0.6 is 11.6 Å². The maximum atomic E-state index is 14.0. The highest BCUT2D eigenvalue weighted by atomic mass is 35.5. The highest BCUT2D eigenvalue weighted by Gasteiger charge is 2.12. The summed E-state index contributed by atoms with van der Waals surface area (Å²) in [5.74, 6) is -0.0889. The van der Waals surface area contributed by atoms with Gasteiger partial charge in [0.1, 0.15) is 0 Å². The van der Waals surface area contributed by atoms with Gasteiger partial charge in [0.05, 0.1) is 7.11 Å². The molecule has 0 spiro atoms. The molecule has 0 aliphatic carbocycles. The molecule has 106 valence electrons. The molecule has 2 N–H and O–H groups in total. The van der Waals surface area contributed by atoms with Crippen LogP contribution in [-0.2, 0) is 12.8 Å². The molecule has 0 fully saturated rings. The van der Waals surface area contributed by atoms with E-state index in [0.717, 1.165) is 5.56 Å². The minimum absolute atomic E-state index is 0.171. The van der Waals surface area contributed by atoms with Gasteiger partial charge in [-0.3, -0.25) is 0 Å². The van der Waals surface area contributed by atoms with Crippen LogP contribution in [0.15, 0.2) is 42.5 Å². The van der Waals surface area contributed by atoms with Crippen molar-refractivity contribution in [2.45, 2.75) is 18.9 Å². The third-order valence-corrected chi connectivity index (χ3v) is 3.37. The summed E-state index contributed by atoms with van der Waals surface area (Å²) in [5.41, 5.74) is 7.72. The second-order valence-electron chi connectivity index (χ2n) is 4.73. The lowest BCUT2D eigenvalue weighted by atomic mass is 9.99. The van der Waals surface area contributed by atoms with Crippen molar-refractivity contribution < 1.29 is 9.13 Å². The van der Waals surface area contributed by atoms with E-state index >= 15 is 0 Å². The van der Waals surface area contributed by atoms with Gasteiger partial charge in [0.15, 0.2) is 11.6 Å². The molecule has 2 aromatic carbocycles. The van der Waals surface area contributed by atoms with Crippen molar-refractivity contribution in [3.63, 3.8) is 0 Å². The zero-order chi connectivity index (χ0) is 14.5. The fraction of sp³-hybridized carbons (Fsp3) is 0.250. The number of benzene rings is 2. The van der Waals surface area contributed by atoms with Crippen molar-refractivity contribution in [2.75, 3.05) is 7.11 Å². The minimum atomic E-state index is -0.337. The normalized spacial score (nSPS) is 12.2. The number of hydrogen-bond acceptors (Lipinski definition) is 2. The molecule has 0 bridgehead atoms. The zero-order valence-electron chi connectivity index (χ0n) is 11.3. The second-order valence-corrected chi connectivity index (χ2v) is 5.17. The Labute approximate surface area is 123 Å². The predicted molar refractivity (Wildman–Crippen MR) is 79.8 cm³/mol. The summed E-state index contributed by atoms with van der Waals surface area (Å²) in [5, 5.41) is 0.683. The molecule has 0 amide bonds. The van der Waals surface area contributed by atoms with Crippen molar-refractivity contribution >= 4 is 11.6 Å². The molecule has 20 heavy (non-hydrogen) atoms. The fourth-order valence-electron chi connectivity index (χ4n) is 2.19. The van der Waals surface area contributed by atoms with Crippen LogP contribution in [0.25, 0.3) is 0 Å². The summed E-state index contributed by atoms with van der Waals surface area (Å²) < 4.78 is 19.0. The molecule has 2 nitrogen and oxygen atoms in total. The summed E-state index contributed by atoms with van der Waals surface area (Å²) in [6.45, 7) is 0. The van der Waals surface area contributed by atoms with Crippen LogP contribution < -0.4 is 10.5 Å². The maximum Gasteiger partial charge on any atom is 0.168 e. The molecule has 0 saturated heterocycles. The predicted octanol–water partition coefficient (Wildman–Crippen LogP) is 3.60. The SMILES string of the molecule is COc1cccc(CC(N)Cc2cccc(Cl)c2)c1F. The Morgan fingerprint density at radius 3 is 2.65 bits per heavy atom. The lowest BCUT2D eigenvalue weighted by Gasteiger charge is -2.13. The van der Waals surface area contributed by atoms with Gasteiger partial charge in [-0.2, -0.15) is 0 Å². The molecule has 4 heteroatoms. The second kappa shape index (κ2) is 6.73. The molecule has 2 aromatic rings. The Hall–Kier alpha value is -1.58. The van der Waals surface area contributed by atoms with E-state index in [1.165, 1.54) is 7.11 Å². The van der Waals surface area contributed by atoms with Crippen LogP contribution in [0.1, 0.15) is 11.1 Å². The van der Waals surface area contributed by atoms with E-state index in [2.05, 4.69) is 0 Å². The van der Waals surface area contributed by atoms with Gasteiger partial charge in [0.25, 0.3) is 0 Å². The highest BCUT2D eigenvalue weighted by Crippen LogP contribution is 2.21. The van der Waals surface area contributed by atoms with E-state index in [4.69, 9.17) is 22.1 Å². The number of halogens is 2. The van der Waals surface area contributed by atoms with Crippen molar-refractivity contribution in [1.29, 1.82) is 0 Å². The molecular formula is C16H17ClFNO. The number of rotatable bonds is 5. The first kappa shape index (κ1) is 14.8. The third kappa shape index (κ3) is 3.71. The van der Waals surface area contributed by atoms with Crippen LogP contribution in [0.2, 0.25) is 5.02 Å². The Balaban J connectivity index is 2.06. The smallest absolute Gasteiger partial charge is 0.168 e. The first-order valence-corrected chi connectivity index (χ1v) is 6.79. The van der Waals surface area contributed by atoms with Crippen LogP contribution in [0.5, 0.6) is 5.75 Å². The number of methoxy groups -OCH3 is 1. The average Bonchev–Trinajstić information content (AvgIpc) is 2.41. The molecule has 0 aliphatic heterocycles. The van der Waals surface area contributed by atoms with E-state index in [0.29, 0.717) is 23.4 Å². The molecule has 0 radical (unpaired) electrons. The standard InChI is InChI=1S/C16H17ClFNO/c1-20-15-7-3-5-12(16(15)18)10-14(19)9-11-4-2-6-13(17)8-11/h2-8,14H,9-10,19H2,1H3. The molecule has 0 saturated carbocycles. The Bertz CT molecular complexity index is 588. The lowest BCUT2D eigenvalue weighted by Crippen LogP contribution is -2.26. The maximum absolute atomic E-state index is 14.0. The molecular weight excluding hydrogens is 277 g/mol. The molecule has 1 unspecified atom stereocenters. The summed E-state index contributed by atoms with van der Waals surface area (Å²) in [4.78, 5) is 0. The van der Waals surface area contributed by atoms with Crippen LogP contribution in [0, 0.1) is 5.82 Å². The van der Waals surface area contributed by atoms with Gasteiger partial charge in [0, 0.05) is 11.1 Å². The Morgan fingerprint density at radius 1 is 1.20 bits per heavy atom. The van der Waals surface area contributed by atoms with Crippen molar-refractivity contribution in [2.24, 2.45) is 5.73 Å². The van der Waals surface area contributed by atoms with Gasteiger partial charge in [-0.05, 0) is 42.2 Å². The number of hydrogen-bond donors (Lipinski definition) is 1. The highest BCUT2D eigenvalue weighted by molar-refractivity contribution is 6.30. The fourth-order valence-corrected chi connectivity index (χ4v) is 2.41.